The van der Waals surface area contributed by atoms with E-state index in [2.05, 4.69) is 55.1 Å². The van der Waals surface area contributed by atoms with Crippen molar-refractivity contribution in [3.05, 3.63) is 41.2 Å². The van der Waals surface area contributed by atoms with Crippen molar-refractivity contribution in [2.45, 2.75) is 46.5 Å². The fourth-order valence-corrected chi connectivity index (χ4v) is 2.00. The molecular formula is C17H24N4. The molecule has 1 aromatic heterocycles. The molecule has 4 nitrogen and oxygen atoms in total. The number of benzene rings is 1. The molecule has 0 aliphatic carbocycles. The second-order valence-corrected chi connectivity index (χ2v) is 6.33. The van der Waals surface area contributed by atoms with E-state index in [-0.39, 0.29) is 5.41 Å². The van der Waals surface area contributed by atoms with Crippen LogP contribution in [0.3, 0.4) is 0 Å². The van der Waals surface area contributed by atoms with Gasteiger partial charge >= 0.3 is 0 Å². The summed E-state index contributed by atoms with van der Waals surface area (Å²) in [5, 5.41) is 3.37. The van der Waals surface area contributed by atoms with Crippen molar-refractivity contribution in [1.29, 1.82) is 0 Å². The Bertz CT molecular complexity index is 642. The predicted molar refractivity (Wildman–Crippen MR) is 89.0 cm³/mol. The number of hydrogen-bond donors (Lipinski definition) is 2. The van der Waals surface area contributed by atoms with Crippen LogP contribution >= 0.6 is 0 Å². The standard InChI is InChI=1S/C17H24N4/c1-6-12-8-7-9-13(10-12)19-15-11(2)14(18)20-16(21-15)17(3,4)5/h7-10H,6H2,1-5H3,(H3,18,19,20,21). The quantitative estimate of drug-likeness (QED) is 0.895. The van der Waals surface area contributed by atoms with Gasteiger partial charge in [0.2, 0.25) is 0 Å². The number of nitrogens with one attached hydrogen (secondary N) is 1. The lowest BCUT2D eigenvalue weighted by atomic mass is 9.95. The number of anilines is 3. The number of hydrogen-bond acceptors (Lipinski definition) is 4. The molecular weight excluding hydrogens is 260 g/mol. The number of aryl methyl sites for hydroxylation is 1. The van der Waals surface area contributed by atoms with E-state index in [9.17, 15) is 0 Å². The summed E-state index contributed by atoms with van der Waals surface area (Å²) in [7, 11) is 0. The zero-order valence-corrected chi connectivity index (χ0v) is 13.5. The highest BCUT2D eigenvalue weighted by Crippen LogP contribution is 2.27. The van der Waals surface area contributed by atoms with Crippen LogP contribution < -0.4 is 11.1 Å². The highest BCUT2D eigenvalue weighted by molar-refractivity contribution is 5.64. The summed E-state index contributed by atoms with van der Waals surface area (Å²) in [4.78, 5) is 9.06. The number of nitrogens with zero attached hydrogens (tertiary/aromatic N) is 2. The van der Waals surface area contributed by atoms with Gasteiger partial charge in [0.05, 0.1) is 0 Å². The third kappa shape index (κ3) is 3.51. The van der Waals surface area contributed by atoms with Gasteiger partial charge < -0.3 is 11.1 Å². The van der Waals surface area contributed by atoms with E-state index in [1.165, 1.54) is 5.56 Å². The molecule has 0 unspecified atom stereocenters. The SMILES string of the molecule is CCc1cccc(Nc2nc(C(C)(C)C)nc(N)c2C)c1. The summed E-state index contributed by atoms with van der Waals surface area (Å²) in [6.07, 6.45) is 1.01. The topological polar surface area (TPSA) is 63.8 Å². The Hall–Kier alpha value is -2.10. The van der Waals surface area contributed by atoms with Gasteiger partial charge in [-0.1, -0.05) is 39.8 Å². The second kappa shape index (κ2) is 5.72. The van der Waals surface area contributed by atoms with Crippen LogP contribution in [0.25, 0.3) is 0 Å². The summed E-state index contributed by atoms with van der Waals surface area (Å²) in [5.74, 6) is 2.06. The molecule has 1 heterocycles. The van der Waals surface area contributed by atoms with Gasteiger partial charge in [-0.25, -0.2) is 9.97 Å². The molecule has 2 rings (SSSR count). The van der Waals surface area contributed by atoms with Gasteiger partial charge in [-0.3, -0.25) is 0 Å². The van der Waals surface area contributed by atoms with E-state index in [1.807, 2.05) is 19.1 Å². The fraction of sp³-hybridized carbons (Fsp3) is 0.412. The molecule has 0 saturated heterocycles. The number of rotatable bonds is 3. The monoisotopic (exact) mass is 284 g/mol. The van der Waals surface area contributed by atoms with Crippen LogP contribution in [0.4, 0.5) is 17.3 Å². The Morgan fingerprint density at radius 2 is 1.90 bits per heavy atom. The third-order valence-corrected chi connectivity index (χ3v) is 3.45. The minimum absolute atomic E-state index is 0.135. The Morgan fingerprint density at radius 3 is 2.52 bits per heavy atom. The van der Waals surface area contributed by atoms with Crippen molar-refractivity contribution in [3.8, 4) is 0 Å². The van der Waals surface area contributed by atoms with Crippen molar-refractivity contribution in [1.82, 2.24) is 9.97 Å². The van der Waals surface area contributed by atoms with Crippen molar-refractivity contribution in [2.75, 3.05) is 11.1 Å². The first-order chi connectivity index (χ1) is 9.81. The Balaban J connectivity index is 2.41. The van der Waals surface area contributed by atoms with E-state index in [0.29, 0.717) is 5.82 Å². The summed E-state index contributed by atoms with van der Waals surface area (Å²) >= 11 is 0. The molecule has 3 N–H and O–H groups in total. The predicted octanol–water partition coefficient (Wildman–Crippen LogP) is 3.97. The van der Waals surface area contributed by atoms with E-state index in [4.69, 9.17) is 5.73 Å². The molecule has 0 spiro atoms. The van der Waals surface area contributed by atoms with E-state index < -0.39 is 0 Å². The van der Waals surface area contributed by atoms with E-state index in [1.54, 1.807) is 0 Å². The largest absolute Gasteiger partial charge is 0.383 e. The molecule has 0 fully saturated rings. The molecule has 1 aromatic carbocycles. The first-order valence-electron chi connectivity index (χ1n) is 7.32. The molecule has 2 aromatic rings. The van der Waals surface area contributed by atoms with Crippen LogP contribution in [0.1, 0.15) is 44.6 Å². The molecule has 112 valence electrons. The van der Waals surface area contributed by atoms with Gasteiger partial charge in [0.15, 0.2) is 0 Å². The first-order valence-corrected chi connectivity index (χ1v) is 7.32. The molecule has 0 aliphatic rings. The summed E-state index contributed by atoms with van der Waals surface area (Å²) in [5.41, 5.74) is 9.09. The van der Waals surface area contributed by atoms with Crippen LogP contribution in [0.5, 0.6) is 0 Å². The van der Waals surface area contributed by atoms with Gasteiger partial charge in [-0.05, 0) is 31.0 Å². The van der Waals surface area contributed by atoms with Crippen LogP contribution in [0.2, 0.25) is 0 Å². The third-order valence-electron chi connectivity index (χ3n) is 3.45. The van der Waals surface area contributed by atoms with Crippen molar-refractivity contribution < 1.29 is 0 Å². The highest BCUT2D eigenvalue weighted by atomic mass is 15.1. The second-order valence-electron chi connectivity index (χ2n) is 6.33. The minimum Gasteiger partial charge on any atom is -0.383 e. The fourth-order valence-electron chi connectivity index (χ4n) is 2.00. The molecule has 0 aliphatic heterocycles. The summed E-state index contributed by atoms with van der Waals surface area (Å²) in [6.45, 7) is 10.3. The highest BCUT2D eigenvalue weighted by Gasteiger charge is 2.20. The molecule has 0 amide bonds. The number of aromatic nitrogens is 2. The minimum atomic E-state index is -0.135. The normalized spacial score (nSPS) is 11.5. The van der Waals surface area contributed by atoms with Gasteiger partial charge in [0.1, 0.15) is 17.5 Å². The molecule has 0 radical (unpaired) electrons. The van der Waals surface area contributed by atoms with Crippen molar-refractivity contribution in [2.24, 2.45) is 0 Å². The molecule has 4 heteroatoms. The lowest BCUT2D eigenvalue weighted by Gasteiger charge is -2.20. The maximum Gasteiger partial charge on any atom is 0.139 e. The average molecular weight is 284 g/mol. The van der Waals surface area contributed by atoms with Crippen LogP contribution in [0.15, 0.2) is 24.3 Å². The van der Waals surface area contributed by atoms with Gasteiger partial charge in [0, 0.05) is 16.7 Å². The zero-order valence-electron chi connectivity index (χ0n) is 13.5. The number of nitrogen functional groups attached to an aromatic ring is 1. The van der Waals surface area contributed by atoms with Crippen molar-refractivity contribution >= 4 is 17.3 Å². The van der Waals surface area contributed by atoms with Crippen LogP contribution in [-0.2, 0) is 11.8 Å². The molecule has 0 bridgehead atoms. The summed E-state index contributed by atoms with van der Waals surface area (Å²) < 4.78 is 0. The Kier molecular flexibility index (Phi) is 4.16. The number of nitrogens with two attached hydrogens (primary N) is 1. The lowest BCUT2D eigenvalue weighted by Crippen LogP contribution is -2.18. The maximum absolute atomic E-state index is 6.04. The van der Waals surface area contributed by atoms with Gasteiger partial charge in [-0.15, -0.1) is 0 Å². The Labute approximate surface area is 126 Å². The van der Waals surface area contributed by atoms with Gasteiger partial charge in [-0.2, -0.15) is 0 Å². The van der Waals surface area contributed by atoms with E-state index >= 15 is 0 Å². The first kappa shape index (κ1) is 15.3. The van der Waals surface area contributed by atoms with Crippen molar-refractivity contribution in [3.63, 3.8) is 0 Å². The molecule has 21 heavy (non-hydrogen) atoms. The van der Waals surface area contributed by atoms with Crippen LogP contribution in [-0.4, -0.2) is 9.97 Å². The Morgan fingerprint density at radius 1 is 1.19 bits per heavy atom. The van der Waals surface area contributed by atoms with E-state index in [0.717, 1.165) is 29.3 Å². The molecule has 0 saturated carbocycles. The summed E-state index contributed by atoms with van der Waals surface area (Å²) in [6, 6.07) is 8.33. The average Bonchev–Trinajstić information content (AvgIpc) is 2.42. The smallest absolute Gasteiger partial charge is 0.139 e. The van der Waals surface area contributed by atoms with Crippen LogP contribution in [0, 0.1) is 6.92 Å². The van der Waals surface area contributed by atoms with Gasteiger partial charge in [0.25, 0.3) is 0 Å². The maximum atomic E-state index is 6.04. The zero-order chi connectivity index (χ0) is 15.6. The lowest BCUT2D eigenvalue weighted by molar-refractivity contribution is 0.546. The molecule has 0 atom stereocenters.